The van der Waals surface area contributed by atoms with Crippen molar-refractivity contribution in [3.05, 3.63) is 107 Å². The maximum Gasteiger partial charge on any atom is 0.243 e. The van der Waals surface area contributed by atoms with Crippen LogP contribution >= 0.6 is 11.6 Å². The molecule has 34 heavy (non-hydrogen) atoms. The monoisotopic (exact) mass is 492 g/mol. The first-order valence-corrected chi connectivity index (χ1v) is 12.2. The van der Waals surface area contributed by atoms with Gasteiger partial charge in [0.25, 0.3) is 0 Å². The van der Waals surface area contributed by atoms with Gasteiger partial charge in [0.05, 0.1) is 17.1 Å². The smallest absolute Gasteiger partial charge is 0.243 e. The molecule has 8 heteroatoms. The summed E-state index contributed by atoms with van der Waals surface area (Å²) in [5, 5.41) is 4.69. The number of amides is 1. The van der Waals surface area contributed by atoms with Gasteiger partial charge in [-0.1, -0.05) is 72.3 Å². The molecule has 0 heterocycles. The van der Waals surface area contributed by atoms with E-state index >= 15 is 0 Å². The normalized spacial score (nSPS) is 11.5. The van der Waals surface area contributed by atoms with Crippen molar-refractivity contribution < 1.29 is 18.0 Å². The lowest BCUT2D eigenvalue weighted by molar-refractivity contribution is -0.116. The summed E-state index contributed by atoms with van der Waals surface area (Å²) >= 11 is 6.09. The summed E-state index contributed by atoms with van der Waals surface area (Å²) in [6.45, 7) is -0.434. The summed E-state index contributed by atoms with van der Waals surface area (Å²) in [7, 11) is -2.57. The number of hydrogen-bond acceptors (Lipinski definition) is 4. The molecule has 172 valence electrons. The lowest BCUT2D eigenvalue weighted by Gasteiger charge is -2.18. The molecule has 1 amide bonds. The number of likely N-dealkylation sites (N-methyl/N-ethyl adjacent to an activating group) is 1. The van der Waals surface area contributed by atoms with Crippen LogP contribution in [0, 0.1) is 0 Å². The Labute approximate surface area is 202 Å². The topological polar surface area (TPSA) is 83.6 Å². The Bertz CT molecular complexity index is 1490. The van der Waals surface area contributed by atoms with Crippen LogP contribution in [0.1, 0.15) is 15.9 Å². The van der Waals surface area contributed by atoms with E-state index in [2.05, 4.69) is 5.32 Å². The second kappa shape index (κ2) is 9.77. The Balaban J connectivity index is 1.54. The third-order valence-corrected chi connectivity index (χ3v) is 7.37. The van der Waals surface area contributed by atoms with E-state index in [-0.39, 0.29) is 21.9 Å². The van der Waals surface area contributed by atoms with Gasteiger partial charge in [-0.05, 0) is 41.1 Å². The number of nitrogens with one attached hydrogen (secondary N) is 1. The Morgan fingerprint density at radius 1 is 0.853 bits per heavy atom. The van der Waals surface area contributed by atoms with Crippen molar-refractivity contribution in [2.75, 3.05) is 18.9 Å². The number of sulfonamides is 1. The highest BCUT2D eigenvalue weighted by atomic mass is 35.5. The highest BCUT2D eigenvalue weighted by Gasteiger charge is 2.24. The fourth-order valence-corrected chi connectivity index (χ4v) is 4.88. The Morgan fingerprint density at radius 2 is 1.53 bits per heavy atom. The maximum atomic E-state index is 13.0. The van der Waals surface area contributed by atoms with Crippen molar-refractivity contribution in [2.24, 2.45) is 0 Å². The van der Waals surface area contributed by atoms with Crippen molar-refractivity contribution in [1.82, 2.24) is 4.31 Å². The summed E-state index contributed by atoms with van der Waals surface area (Å²) in [5.74, 6) is -0.896. The van der Waals surface area contributed by atoms with Crippen LogP contribution in [0.5, 0.6) is 0 Å². The van der Waals surface area contributed by atoms with E-state index in [1.165, 1.54) is 25.2 Å². The van der Waals surface area contributed by atoms with Gasteiger partial charge in [-0.3, -0.25) is 9.59 Å². The van der Waals surface area contributed by atoms with Crippen molar-refractivity contribution in [3.63, 3.8) is 0 Å². The lowest BCUT2D eigenvalue weighted by atomic mass is 10.0. The van der Waals surface area contributed by atoms with E-state index < -0.39 is 22.5 Å². The fraction of sp³-hybridized carbons (Fsp3) is 0.0769. The largest absolute Gasteiger partial charge is 0.324 e. The van der Waals surface area contributed by atoms with Gasteiger partial charge >= 0.3 is 0 Å². The predicted molar refractivity (Wildman–Crippen MR) is 134 cm³/mol. The first-order chi connectivity index (χ1) is 16.3. The first kappa shape index (κ1) is 23.6. The van der Waals surface area contributed by atoms with Crippen molar-refractivity contribution in [3.8, 4) is 0 Å². The molecular formula is C26H21ClN2O4S. The zero-order chi connectivity index (χ0) is 24.3. The van der Waals surface area contributed by atoms with Crippen LogP contribution < -0.4 is 5.32 Å². The van der Waals surface area contributed by atoms with E-state index in [0.717, 1.165) is 15.1 Å². The number of benzene rings is 4. The van der Waals surface area contributed by atoms with Gasteiger partial charge in [0.15, 0.2) is 5.78 Å². The molecule has 0 bridgehead atoms. The predicted octanol–water partition coefficient (Wildman–Crippen LogP) is 4.98. The molecule has 0 aliphatic rings. The van der Waals surface area contributed by atoms with Gasteiger partial charge in [-0.25, -0.2) is 8.42 Å². The fourth-order valence-electron chi connectivity index (χ4n) is 3.54. The van der Waals surface area contributed by atoms with Crippen LogP contribution in [-0.2, 0) is 14.8 Å². The average molecular weight is 493 g/mol. The number of carbonyl (C=O) groups is 2. The van der Waals surface area contributed by atoms with Gasteiger partial charge in [0, 0.05) is 23.2 Å². The first-order valence-electron chi connectivity index (χ1n) is 10.4. The second-order valence-electron chi connectivity index (χ2n) is 7.70. The van der Waals surface area contributed by atoms with Gasteiger partial charge in [-0.15, -0.1) is 0 Å². The molecule has 1 N–H and O–H groups in total. The lowest BCUT2D eigenvalue weighted by Crippen LogP contribution is -2.35. The van der Waals surface area contributed by atoms with E-state index in [0.29, 0.717) is 10.6 Å². The maximum absolute atomic E-state index is 13.0. The van der Waals surface area contributed by atoms with Crippen molar-refractivity contribution in [1.29, 1.82) is 0 Å². The number of halogens is 1. The molecule has 6 nitrogen and oxygen atoms in total. The SMILES string of the molecule is CN(CC(=O)Nc1ccc(Cl)cc1C(=O)c1ccccc1)S(=O)(=O)c1ccc2ccccc2c1. The molecule has 0 fully saturated rings. The standard InChI is InChI=1S/C26H21ClN2O4S/c1-29(34(32,33)22-13-11-18-7-5-6-10-20(18)15-22)17-25(30)28-24-14-12-21(27)16-23(24)26(31)19-8-3-2-4-9-19/h2-16H,17H2,1H3,(H,28,30). The summed E-state index contributed by atoms with van der Waals surface area (Å²) in [6, 6.07) is 25.4. The molecule has 0 saturated heterocycles. The number of anilines is 1. The summed E-state index contributed by atoms with van der Waals surface area (Å²) in [5.41, 5.74) is 0.906. The van der Waals surface area contributed by atoms with E-state index in [1.54, 1.807) is 48.5 Å². The van der Waals surface area contributed by atoms with Crippen LogP contribution in [0.25, 0.3) is 10.8 Å². The zero-order valence-corrected chi connectivity index (χ0v) is 19.8. The summed E-state index contributed by atoms with van der Waals surface area (Å²) < 4.78 is 27.1. The van der Waals surface area contributed by atoms with E-state index in [9.17, 15) is 18.0 Å². The molecule has 0 atom stereocenters. The molecule has 0 saturated carbocycles. The Kier molecular flexibility index (Phi) is 6.79. The van der Waals surface area contributed by atoms with Gasteiger partial charge in [-0.2, -0.15) is 4.31 Å². The van der Waals surface area contributed by atoms with Crippen LogP contribution in [0.3, 0.4) is 0 Å². The van der Waals surface area contributed by atoms with Crippen LogP contribution in [0.4, 0.5) is 5.69 Å². The highest BCUT2D eigenvalue weighted by Crippen LogP contribution is 2.25. The minimum absolute atomic E-state index is 0.0907. The van der Waals surface area contributed by atoms with Crippen LogP contribution in [-0.4, -0.2) is 38.0 Å². The van der Waals surface area contributed by atoms with Crippen LogP contribution in [0.2, 0.25) is 5.02 Å². The quantitative estimate of drug-likeness (QED) is 0.369. The van der Waals surface area contributed by atoms with Crippen LogP contribution in [0.15, 0.2) is 95.9 Å². The molecule has 0 aromatic heterocycles. The molecule has 4 rings (SSSR count). The molecule has 0 spiro atoms. The molecule has 0 aliphatic heterocycles. The molecular weight excluding hydrogens is 472 g/mol. The average Bonchev–Trinajstić information content (AvgIpc) is 2.84. The molecule has 0 unspecified atom stereocenters. The third-order valence-electron chi connectivity index (χ3n) is 5.33. The van der Waals surface area contributed by atoms with Gasteiger partial charge < -0.3 is 5.32 Å². The van der Waals surface area contributed by atoms with Gasteiger partial charge in [0.1, 0.15) is 0 Å². The highest BCUT2D eigenvalue weighted by molar-refractivity contribution is 7.89. The molecule has 4 aromatic carbocycles. The van der Waals surface area contributed by atoms with E-state index in [1.807, 2.05) is 24.3 Å². The minimum Gasteiger partial charge on any atom is -0.324 e. The molecule has 0 radical (unpaired) electrons. The number of rotatable bonds is 7. The Hall–Kier alpha value is -3.52. The third kappa shape index (κ3) is 5.02. The number of hydrogen-bond donors (Lipinski definition) is 1. The van der Waals surface area contributed by atoms with E-state index in [4.69, 9.17) is 11.6 Å². The summed E-state index contributed by atoms with van der Waals surface area (Å²) in [4.78, 5) is 25.8. The number of fused-ring (bicyclic) bond motifs is 1. The van der Waals surface area contributed by atoms with Crippen molar-refractivity contribution in [2.45, 2.75) is 4.90 Å². The zero-order valence-electron chi connectivity index (χ0n) is 18.2. The molecule has 0 aliphatic carbocycles. The minimum atomic E-state index is -3.91. The molecule has 4 aromatic rings. The number of ketones is 1. The van der Waals surface area contributed by atoms with Gasteiger partial charge in [0.2, 0.25) is 15.9 Å². The second-order valence-corrected chi connectivity index (χ2v) is 10.2. The van der Waals surface area contributed by atoms with Crippen molar-refractivity contribution >= 4 is 49.8 Å². The Morgan fingerprint density at radius 3 is 2.26 bits per heavy atom. The number of nitrogens with zero attached hydrogens (tertiary/aromatic N) is 1. The number of carbonyl (C=O) groups excluding carboxylic acids is 2. The summed E-state index contributed by atoms with van der Waals surface area (Å²) in [6.07, 6.45) is 0.